The molecule has 0 amide bonds. The summed E-state index contributed by atoms with van der Waals surface area (Å²) in [5.41, 5.74) is 0. The molecule has 0 radical (unpaired) electrons. The molecule has 0 spiro atoms. The van der Waals surface area contributed by atoms with Gasteiger partial charge in [-0.15, -0.1) is 0 Å². The maximum absolute atomic E-state index is 4.42. The van der Waals surface area contributed by atoms with Crippen LogP contribution in [0.15, 0.2) is 44.2 Å². The summed E-state index contributed by atoms with van der Waals surface area (Å²) in [7, 11) is 0. The van der Waals surface area contributed by atoms with Crippen molar-refractivity contribution >= 4 is 0 Å². The third kappa shape index (κ3) is 1.42. The van der Waals surface area contributed by atoms with E-state index < -0.39 is 11.1 Å². The molecular formula is C12H24Pt. The Balaban J connectivity index is 7.12. The van der Waals surface area contributed by atoms with Crippen LogP contribution >= 0.6 is 0 Å². The third-order valence-corrected chi connectivity index (χ3v) is 24.2. The molecule has 0 saturated heterocycles. The summed E-state index contributed by atoms with van der Waals surface area (Å²) in [6, 6.07) is 0. The van der Waals surface area contributed by atoms with Crippen LogP contribution in [-0.4, -0.2) is 0 Å². The Hall–Kier alpha value is -0.352. The van der Waals surface area contributed by atoms with Gasteiger partial charge in [-0.25, -0.2) is 0 Å². The second-order valence-corrected chi connectivity index (χ2v) is 48.8. The fourth-order valence-corrected chi connectivity index (χ4v) is 2.59. The van der Waals surface area contributed by atoms with Crippen molar-refractivity contribution in [3.8, 4) is 0 Å². The van der Waals surface area contributed by atoms with Crippen LogP contribution in [0.4, 0.5) is 0 Å². The number of hydrogen-bond donors (Lipinski definition) is 0. The number of hydrogen-bond acceptors (Lipinski definition) is 0. The van der Waals surface area contributed by atoms with Gasteiger partial charge in [0.2, 0.25) is 0 Å². The molecule has 0 unspecified atom stereocenters. The summed E-state index contributed by atoms with van der Waals surface area (Å²) in [6.45, 7) is 16.0. The van der Waals surface area contributed by atoms with Crippen molar-refractivity contribution in [1.29, 1.82) is 0 Å². The van der Waals surface area contributed by atoms with Gasteiger partial charge in [0.15, 0.2) is 0 Å². The molecule has 82 valence electrons. The van der Waals surface area contributed by atoms with E-state index in [1.54, 1.807) is 0 Å². The molecule has 0 aromatic heterocycles. The van der Waals surface area contributed by atoms with Gasteiger partial charge in [-0.1, -0.05) is 0 Å². The van der Waals surface area contributed by atoms with Gasteiger partial charge in [-0.3, -0.25) is 0 Å². The van der Waals surface area contributed by atoms with Gasteiger partial charge in [0, 0.05) is 0 Å². The van der Waals surface area contributed by atoms with Gasteiger partial charge in [0.05, 0.1) is 0 Å². The SMILES string of the molecule is C=[CH][Pt]([CH3])([CH3])([CH3])([CH3])([CH]=C)([CH]=C)[CH]=C. The molecule has 13 heavy (non-hydrogen) atoms. The summed E-state index contributed by atoms with van der Waals surface area (Å²) in [4.78, 5) is 0. The van der Waals surface area contributed by atoms with E-state index in [4.69, 9.17) is 0 Å². The molecule has 0 nitrogen and oxygen atoms in total. The molecule has 1 heteroatoms. The van der Waals surface area contributed by atoms with E-state index in [0.717, 1.165) is 0 Å². The first kappa shape index (κ1) is 12.6. The Morgan fingerprint density at radius 2 is 0.769 bits per heavy atom. The van der Waals surface area contributed by atoms with Crippen molar-refractivity contribution in [3.05, 3.63) is 44.2 Å². The van der Waals surface area contributed by atoms with Gasteiger partial charge >= 0.3 is 76.5 Å². The molecule has 0 aliphatic carbocycles. The van der Waals surface area contributed by atoms with E-state index in [0.29, 0.717) is 0 Å². The molecule has 0 heterocycles. The van der Waals surface area contributed by atoms with Crippen molar-refractivity contribution in [1.82, 2.24) is 0 Å². The Kier molecular flexibility index (Phi) is 1.28. The van der Waals surface area contributed by atoms with Crippen LogP contribution in [0.3, 0.4) is 0 Å². The van der Waals surface area contributed by atoms with Crippen molar-refractivity contribution in [2.45, 2.75) is 21.3 Å². The second-order valence-electron chi connectivity index (χ2n) is 5.97. The maximum atomic E-state index is 3.99. The monoisotopic (exact) mass is 363 g/mol. The molecule has 0 fully saturated rings. The average molecular weight is 363 g/mol. The van der Waals surface area contributed by atoms with Crippen molar-refractivity contribution in [2.24, 2.45) is 0 Å². The molecule has 0 N–H and O–H groups in total. The predicted octanol–water partition coefficient (Wildman–Crippen LogP) is 5.05. The van der Waals surface area contributed by atoms with Gasteiger partial charge < -0.3 is 0 Å². The Labute approximate surface area is 76.5 Å². The van der Waals surface area contributed by atoms with E-state index in [9.17, 15) is 0 Å². The van der Waals surface area contributed by atoms with E-state index in [2.05, 4.69) is 47.6 Å². The summed E-state index contributed by atoms with van der Waals surface area (Å²) >= 11 is -4.42. The first-order valence-corrected chi connectivity index (χ1v) is 18.0. The quantitative estimate of drug-likeness (QED) is 0.656. The Morgan fingerprint density at radius 3 is 0.769 bits per heavy atom. The first-order valence-electron chi connectivity index (χ1n) is 3.63. The van der Waals surface area contributed by atoms with Crippen LogP contribution < -0.4 is 0 Å². The standard InChI is InChI=1S/4C2H3.4CH3.Pt/c4*1-2;;;;;/h4*1H,2H2;4*1H3;. The molecule has 0 aromatic rings. The zero-order valence-electron chi connectivity index (χ0n) is 9.45. The van der Waals surface area contributed by atoms with E-state index in [1.165, 1.54) is 0 Å². The zero-order valence-corrected chi connectivity index (χ0v) is 11.7. The van der Waals surface area contributed by atoms with E-state index >= 15 is 0 Å². The molecule has 0 bridgehead atoms. The number of rotatable bonds is 4. The predicted molar refractivity (Wildman–Crippen MR) is 64.2 cm³/mol. The average Bonchev–Trinajstić information content (AvgIpc) is 2.08. The topological polar surface area (TPSA) is 0 Å². The van der Waals surface area contributed by atoms with Gasteiger partial charge in [-0.05, 0) is 0 Å². The van der Waals surface area contributed by atoms with Crippen molar-refractivity contribution in [2.75, 3.05) is 0 Å². The zero-order chi connectivity index (χ0) is 11.2. The second kappa shape index (κ2) is 1.32. The van der Waals surface area contributed by atoms with Crippen molar-refractivity contribution in [3.63, 3.8) is 0 Å². The summed E-state index contributed by atoms with van der Waals surface area (Å²) in [5, 5.41) is 8.74. The minimum atomic E-state index is -4.42. The Morgan fingerprint density at radius 1 is 0.615 bits per heavy atom. The van der Waals surface area contributed by atoms with Gasteiger partial charge in [-0.2, -0.15) is 0 Å². The molecule has 0 atom stereocenters. The summed E-state index contributed by atoms with van der Waals surface area (Å²) in [6.07, 6.45) is 0. The molecule has 0 aliphatic rings. The van der Waals surface area contributed by atoms with Gasteiger partial charge in [0.25, 0.3) is 0 Å². The van der Waals surface area contributed by atoms with E-state index in [1.807, 2.05) is 17.9 Å². The van der Waals surface area contributed by atoms with Crippen LogP contribution in [0, 0.1) is 0 Å². The normalized spacial score (nSPS) is 23.7. The molecule has 0 aliphatic heterocycles. The first-order chi connectivity index (χ1) is 5.24. The van der Waals surface area contributed by atoms with Gasteiger partial charge in [0.1, 0.15) is 0 Å². The summed E-state index contributed by atoms with van der Waals surface area (Å²) < 4.78 is 7.99. The van der Waals surface area contributed by atoms with Crippen LogP contribution in [0.2, 0.25) is 21.3 Å². The molecular weight excluding hydrogens is 339 g/mol. The molecule has 0 aromatic carbocycles. The fraction of sp³-hybridized carbons (Fsp3) is 0.333. The van der Waals surface area contributed by atoms with Crippen molar-refractivity contribution < 1.29 is 11.1 Å². The molecule has 0 rings (SSSR count). The Bertz CT molecular complexity index is 304. The van der Waals surface area contributed by atoms with Crippen LogP contribution in [-0.2, 0) is 11.1 Å². The van der Waals surface area contributed by atoms with Crippen LogP contribution in [0.5, 0.6) is 0 Å². The van der Waals surface area contributed by atoms with Crippen LogP contribution in [0.1, 0.15) is 0 Å². The summed E-state index contributed by atoms with van der Waals surface area (Å²) in [5.74, 6) is 0. The molecule has 0 saturated carbocycles. The minimum absolute atomic E-state index is 2.00. The fourth-order valence-electron chi connectivity index (χ4n) is 0.316. The third-order valence-electron chi connectivity index (χ3n) is 2.96. The van der Waals surface area contributed by atoms with E-state index in [-0.39, 0.29) is 0 Å². The van der Waals surface area contributed by atoms with Crippen LogP contribution in [0.25, 0.3) is 0 Å².